The fourth-order valence-corrected chi connectivity index (χ4v) is 6.09. The van der Waals surface area contributed by atoms with E-state index in [0.29, 0.717) is 24.0 Å². The summed E-state index contributed by atoms with van der Waals surface area (Å²) < 4.78 is 7.82. The van der Waals surface area contributed by atoms with E-state index >= 15 is 0 Å². The number of carbonyl (C=O) groups is 2. The minimum absolute atomic E-state index is 0.0787. The zero-order valence-corrected chi connectivity index (χ0v) is 21.6. The molecular formula is C28H27N3O6S. The zero-order valence-electron chi connectivity index (χ0n) is 20.7. The minimum Gasteiger partial charge on any atom is -0.493 e. The topological polar surface area (TPSA) is 121 Å². The zero-order chi connectivity index (χ0) is 26.8. The SMILES string of the molecule is Cc1nc2sccn2c(=O)c1CCN1C[C@@H]2COc3ccc4ccccc4c3[C@@H]2C1.O=C(O)/C=C/C(=O)O. The molecule has 0 unspecified atom stereocenters. The summed E-state index contributed by atoms with van der Waals surface area (Å²) in [7, 11) is 0. The molecular weight excluding hydrogens is 506 g/mol. The number of rotatable bonds is 5. The number of benzene rings is 2. The fraction of sp³-hybridized carbons (Fsp3) is 0.286. The number of aromatic nitrogens is 2. The van der Waals surface area contributed by atoms with Crippen LogP contribution >= 0.6 is 11.3 Å². The van der Waals surface area contributed by atoms with Gasteiger partial charge in [0, 0.05) is 72.0 Å². The summed E-state index contributed by atoms with van der Waals surface area (Å²) in [5.74, 6) is -0.486. The molecule has 0 bridgehead atoms. The lowest BCUT2D eigenvalue weighted by Gasteiger charge is -2.29. The summed E-state index contributed by atoms with van der Waals surface area (Å²) in [6.07, 6.45) is 3.67. The molecule has 2 atom stereocenters. The first-order valence-corrected chi connectivity index (χ1v) is 13.2. The van der Waals surface area contributed by atoms with Crippen LogP contribution in [-0.4, -0.2) is 62.7 Å². The maximum atomic E-state index is 12.9. The Morgan fingerprint density at radius 1 is 1.13 bits per heavy atom. The third-order valence-corrected chi connectivity index (χ3v) is 7.84. The van der Waals surface area contributed by atoms with Crippen LogP contribution in [0.2, 0.25) is 0 Å². The van der Waals surface area contributed by atoms with Gasteiger partial charge in [-0.1, -0.05) is 30.3 Å². The first-order valence-electron chi connectivity index (χ1n) is 12.3. The average Bonchev–Trinajstić information content (AvgIpc) is 3.54. The number of aliphatic carboxylic acids is 2. The number of hydrogen-bond acceptors (Lipinski definition) is 7. The van der Waals surface area contributed by atoms with Gasteiger partial charge in [-0.25, -0.2) is 14.6 Å². The van der Waals surface area contributed by atoms with Crippen LogP contribution in [0.3, 0.4) is 0 Å². The second-order valence-electron chi connectivity index (χ2n) is 9.43. The fourth-order valence-electron chi connectivity index (χ4n) is 5.34. The van der Waals surface area contributed by atoms with E-state index in [-0.39, 0.29) is 5.56 Å². The third kappa shape index (κ3) is 5.18. The van der Waals surface area contributed by atoms with Gasteiger partial charge in [0.2, 0.25) is 0 Å². The molecule has 1 saturated heterocycles. The van der Waals surface area contributed by atoms with Crippen LogP contribution in [0.25, 0.3) is 15.7 Å². The molecule has 2 aliphatic heterocycles. The van der Waals surface area contributed by atoms with Crippen molar-refractivity contribution < 1.29 is 24.5 Å². The molecule has 2 aromatic carbocycles. The predicted molar refractivity (Wildman–Crippen MR) is 144 cm³/mol. The number of hydrogen-bond donors (Lipinski definition) is 2. The maximum Gasteiger partial charge on any atom is 0.328 e. The lowest BCUT2D eigenvalue weighted by molar-refractivity contribution is -0.134. The Labute approximate surface area is 222 Å². The molecule has 2 N–H and O–H groups in total. The number of fused-ring (bicyclic) bond motifs is 6. The third-order valence-electron chi connectivity index (χ3n) is 7.08. The Bertz CT molecular complexity index is 1590. The van der Waals surface area contributed by atoms with Crippen molar-refractivity contribution in [3.63, 3.8) is 0 Å². The van der Waals surface area contributed by atoms with Crippen LogP contribution in [0.5, 0.6) is 5.75 Å². The van der Waals surface area contributed by atoms with Crippen LogP contribution in [0.1, 0.15) is 22.7 Å². The van der Waals surface area contributed by atoms with Gasteiger partial charge in [-0.15, -0.1) is 11.3 Å². The highest BCUT2D eigenvalue weighted by atomic mass is 32.1. The van der Waals surface area contributed by atoms with Gasteiger partial charge >= 0.3 is 11.9 Å². The largest absolute Gasteiger partial charge is 0.493 e. The van der Waals surface area contributed by atoms with Gasteiger partial charge in [0.05, 0.1) is 6.61 Å². The quantitative estimate of drug-likeness (QED) is 0.374. The van der Waals surface area contributed by atoms with Gasteiger partial charge in [-0.3, -0.25) is 9.20 Å². The highest BCUT2D eigenvalue weighted by Crippen LogP contribution is 2.45. The van der Waals surface area contributed by atoms with Gasteiger partial charge < -0.3 is 19.8 Å². The minimum atomic E-state index is -1.26. The molecule has 0 amide bonds. The average molecular weight is 534 g/mol. The lowest BCUT2D eigenvalue weighted by atomic mass is 9.84. The van der Waals surface area contributed by atoms with Gasteiger partial charge in [-0.2, -0.15) is 0 Å². The van der Waals surface area contributed by atoms with E-state index < -0.39 is 11.9 Å². The number of nitrogens with zero attached hydrogens (tertiary/aromatic N) is 3. The van der Waals surface area contributed by atoms with E-state index in [2.05, 4.69) is 46.3 Å². The molecule has 2 aromatic heterocycles. The Morgan fingerprint density at radius 2 is 1.89 bits per heavy atom. The standard InChI is InChI=1S/C24H23N3O2S.C4H4O4/c1-15-18(23(28)27-10-11-30-24(27)25-15)8-9-26-12-17-14-29-21-7-6-16-4-2-3-5-19(16)22(21)20(17)13-26;5-3(6)1-2-4(7)8/h2-7,10-11,17,20H,8-9,12-14H2,1H3;1-2H,(H,5,6)(H,7,8)/b;2-1+/t17-,20-;/m1./s1. The summed E-state index contributed by atoms with van der Waals surface area (Å²) in [6, 6.07) is 12.9. The highest BCUT2D eigenvalue weighted by Gasteiger charge is 2.39. The van der Waals surface area contributed by atoms with Gasteiger partial charge in [-0.05, 0) is 30.2 Å². The Hall–Kier alpha value is -4.02. The number of likely N-dealkylation sites (tertiary alicyclic amines) is 1. The van der Waals surface area contributed by atoms with Crippen molar-refractivity contribution in [2.45, 2.75) is 19.3 Å². The van der Waals surface area contributed by atoms with E-state index in [9.17, 15) is 14.4 Å². The van der Waals surface area contributed by atoms with Crippen molar-refractivity contribution in [1.29, 1.82) is 0 Å². The first-order chi connectivity index (χ1) is 18.3. The molecule has 4 aromatic rings. The van der Waals surface area contributed by atoms with Crippen LogP contribution in [0, 0.1) is 12.8 Å². The van der Waals surface area contributed by atoms with Crippen molar-refractivity contribution in [2.75, 3.05) is 26.2 Å². The van der Waals surface area contributed by atoms with Crippen molar-refractivity contribution in [1.82, 2.24) is 14.3 Å². The van der Waals surface area contributed by atoms with Crippen molar-refractivity contribution in [2.24, 2.45) is 5.92 Å². The van der Waals surface area contributed by atoms with Crippen molar-refractivity contribution >= 4 is 39.0 Å². The van der Waals surface area contributed by atoms with E-state index in [0.717, 1.165) is 54.6 Å². The second kappa shape index (κ2) is 10.8. The Kier molecular flexibility index (Phi) is 7.26. The molecule has 6 rings (SSSR count). The molecule has 38 heavy (non-hydrogen) atoms. The Balaban J connectivity index is 0.000000323. The van der Waals surface area contributed by atoms with E-state index in [1.165, 1.54) is 27.7 Å². The van der Waals surface area contributed by atoms with Crippen LogP contribution in [-0.2, 0) is 16.0 Å². The molecule has 0 saturated carbocycles. The monoisotopic (exact) mass is 533 g/mol. The highest BCUT2D eigenvalue weighted by molar-refractivity contribution is 7.15. The lowest BCUT2D eigenvalue weighted by Crippen LogP contribution is -2.28. The molecule has 0 spiro atoms. The molecule has 10 heteroatoms. The molecule has 196 valence electrons. The summed E-state index contributed by atoms with van der Waals surface area (Å²) in [5.41, 5.74) is 3.14. The normalized spacial score (nSPS) is 18.6. The molecule has 0 aliphatic carbocycles. The molecule has 1 fully saturated rings. The Morgan fingerprint density at radius 3 is 2.66 bits per heavy atom. The van der Waals surface area contributed by atoms with Gasteiger partial charge in [0.1, 0.15) is 5.75 Å². The number of thiazole rings is 1. The first kappa shape index (κ1) is 25.6. The smallest absolute Gasteiger partial charge is 0.328 e. The molecule has 0 radical (unpaired) electrons. The summed E-state index contributed by atoms with van der Waals surface area (Å²) in [4.78, 5) is 39.9. The predicted octanol–water partition coefficient (Wildman–Crippen LogP) is 3.58. The van der Waals surface area contributed by atoms with Crippen molar-refractivity contribution in [3.05, 3.63) is 87.3 Å². The number of carboxylic acids is 2. The van der Waals surface area contributed by atoms with Gasteiger partial charge in [0.25, 0.3) is 5.56 Å². The molecule has 2 aliphatic rings. The van der Waals surface area contributed by atoms with Crippen LogP contribution in [0.15, 0.2) is 64.9 Å². The van der Waals surface area contributed by atoms with E-state index in [1.54, 1.807) is 4.40 Å². The van der Waals surface area contributed by atoms with Gasteiger partial charge in [0.15, 0.2) is 4.96 Å². The number of ether oxygens (including phenoxy) is 1. The van der Waals surface area contributed by atoms with E-state index in [4.69, 9.17) is 14.9 Å². The number of carboxylic acid groups (broad SMARTS) is 2. The van der Waals surface area contributed by atoms with Crippen molar-refractivity contribution in [3.8, 4) is 5.75 Å². The molecule has 4 heterocycles. The number of aryl methyl sites for hydroxylation is 1. The second-order valence-corrected chi connectivity index (χ2v) is 10.3. The summed E-state index contributed by atoms with van der Waals surface area (Å²) in [6.45, 7) is 5.64. The maximum absolute atomic E-state index is 12.9. The summed E-state index contributed by atoms with van der Waals surface area (Å²) in [5, 5.41) is 20.1. The van der Waals surface area contributed by atoms with Crippen LogP contribution in [0.4, 0.5) is 0 Å². The molecule has 9 nitrogen and oxygen atoms in total. The van der Waals surface area contributed by atoms with Crippen LogP contribution < -0.4 is 10.3 Å². The summed E-state index contributed by atoms with van der Waals surface area (Å²) >= 11 is 1.50. The van der Waals surface area contributed by atoms with E-state index in [1.807, 2.05) is 18.5 Å².